The number of carboxylic acids is 2. The highest BCUT2D eigenvalue weighted by Gasteiger charge is 2.14. The quantitative estimate of drug-likeness (QED) is 0.220. The summed E-state index contributed by atoms with van der Waals surface area (Å²) in [4.78, 5) is 21.9. The normalized spacial score (nSPS) is 15.0. The van der Waals surface area contributed by atoms with Gasteiger partial charge in [0, 0.05) is 5.57 Å². The van der Waals surface area contributed by atoms with Gasteiger partial charge in [-0.25, -0.2) is 9.59 Å². The summed E-state index contributed by atoms with van der Waals surface area (Å²) in [5.41, 5.74) is 2.32. The van der Waals surface area contributed by atoms with Crippen LogP contribution in [0, 0.1) is 0 Å². The Labute approximate surface area is 196 Å². The van der Waals surface area contributed by atoms with E-state index in [2.05, 4.69) is 6.08 Å². The Bertz CT molecular complexity index is 947. The number of aromatic carboxylic acids is 1. The number of aliphatic hydroxyl groups is 1. The third-order valence-corrected chi connectivity index (χ3v) is 5.38. The Balaban J connectivity index is 2.52. The van der Waals surface area contributed by atoms with E-state index in [4.69, 9.17) is 10.2 Å². The van der Waals surface area contributed by atoms with E-state index >= 15 is 0 Å². The van der Waals surface area contributed by atoms with Crippen LogP contribution in [-0.4, -0.2) is 38.0 Å². The Hall–Kier alpha value is -3.12. The lowest BCUT2D eigenvalue weighted by molar-refractivity contribution is -0.132. The molecule has 0 fully saturated rings. The fraction of sp³-hybridized carbons (Fsp3) is 0.407. The molecule has 0 bridgehead atoms. The molecule has 6 heteroatoms. The molecule has 0 aliphatic rings. The largest absolute Gasteiger partial charge is 0.508 e. The lowest BCUT2D eigenvalue weighted by Gasteiger charge is -2.18. The Morgan fingerprint density at radius 2 is 1.70 bits per heavy atom. The molecule has 4 N–H and O–H groups in total. The zero-order chi connectivity index (χ0) is 25.0. The van der Waals surface area contributed by atoms with Crippen LogP contribution in [0.25, 0.3) is 0 Å². The molecule has 0 amide bonds. The van der Waals surface area contributed by atoms with Crippen LogP contribution in [0.4, 0.5) is 0 Å². The summed E-state index contributed by atoms with van der Waals surface area (Å²) in [7, 11) is 0. The van der Waals surface area contributed by atoms with Gasteiger partial charge in [-0.1, -0.05) is 41.5 Å². The van der Waals surface area contributed by atoms with Crippen LogP contribution in [0.2, 0.25) is 0 Å². The van der Waals surface area contributed by atoms with Crippen LogP contribution >= 0.6 is 0 Å². The summed E-state index contributed by atoms with van der Waals surface area (Å²) in [6, 6.07) is 4.24. The molecule has 0 radical (unpaired) electrons. The molecule has 1 aromatic rings. The number of carboxylic acid groups (broad SMARTS) is 2. The average Bonchev–Trinajstić information content (AvgIpc) is 2.72. The van der Waals surface area contributed by atoms with Crippen LogP contribution in [0.1, 0.15) is 75.7 Å². The fourth-order valence-corrected chi connectivity index (χ4v) is 3.15. The predicted molar refractivity (Wildman–Crippen MR) is 131 cm³/mol. The molecule has 180 valence electrons. The second-order valence-electron chi connectivity index (χ2n) is 8.69. The summed E-state index contributed by atoms with van der Waals surface area (Å²) in [6.07, 6.45) is 13.3. The molecule has 0 aliphatic heterocycles. The molecule has 0 aromatic heterocycles. The maximum Gasteiger partial charge on any atom is 0.335 e. The van der Waals surface area contributed by atoms with Gasteiger partial charge >= 0.3 is 11.9 Å². The van der Waals surface area contributed by atoms with Crippen molar-refractivity contribution < 1.29 is 30.0 Å². The molecule has 1 atom stereocenters. The van der Waals surface area contributed by atoms with E-state index in [-0.39, 0.29) is 11.3 Å². The second kappa shape index (κ2) is 13.4. The van der Waals surface area contributed by atoms with Crippen molar-refractivity contribution in [2.75, 3.05) is 0 Å². The maximum atomic E-state index is 11.1. The Morgan fingerprint density at radius 3 is 2.33 bits per heavy atom. The van der Waals surface area contributed by atoms with Crippen LogP contribution in [-0.2, 0) is 11.2 Å². The van der Waals surface area contributed by atoms with Crippen molar-refractivity contribution >= 4 is 11.9 Å². The van der Waals surface area contributed by atoms with Crippen LogP contribution in [0.3, 0.4) is 0 Å². The minimum atomic E-state index is -1.03. The molecular weight excluding hydrogens is 420 g/mol. The van der Waals surface area contributed by atoms with Gasteiger partial charge in [0.1, 0.15) is 5.75 Å². The van der Waals surface area contributed by atoms with Gasteiger partial charge < -0.3 is 20.4 Å². The average molecular weight is 457 g/mol. The summed E-state index contributed by atoms with van der Waals surface area (Å²) < 4.78 is 0. The van der Waals surface area contributed by atoms with Gasteiger partial charge in [-0.3, -0.25) is 0 Å². The first kappa shape index (κ1) is 27.9. The van der Waals surface area contributed by atoms with Crippen molar-refractivity contribution in [1.29, 1.82) is 0 Å². The third-order valence-electron chi connectivity index (χ3n) is 5.38. The van der Waals surface area contributed by atoms with Crippen LogP contribution in [0.5, 0.6) is 5.75 Å². The number of hydrogen-bond acceptors (Lipinski definition) is 4. The molecule has 1 unspecified atom stereocenters. The zero-order valence-electron chi connectivity index (χ0n) is 20.0. The Morgan fingerprint density at radius 1 is 1.00 bits per heavy atom. The number of allylic oxidation sites excluding steroid dienone is 6. The molecule has 1 rings (SSSR count). The number of aliphatic carboxylic acids is 1. The molecular formula is C27H36O6. The summed E-state index contributed by atoms with van der Waals surface area (Å²) >= 11 is 0. The van der Waals surface area contributed by atoms with Crippen molar-refractivity contribution in [2.24, 2.45) is 0 Å². The monoisotopic (exact) mass is 456 g/mol. The third kappa shape index (κ3) is 11.3. The van der Waals surface area contributed by atoms with E-state index in [1.807, 2.05) is 26.0 Å². The molecule has 6 nitrogen and oxygen atoms in total. The van der Waals surface area contributed by atoms with Gasteiger partial charge in [-0.15, -0.1) is 0 Å². The lowest BCUT2D eigenvalue weighted by atomic mass is 9.97. The molecule has 1 aromatic carbocycles. The lowest BCUT2D eigenvalue weighted by Crippen LogP contribution is -2.20. The van der Waals surface area contributed by atoms with Gasteiger partial charge in [0.2, 0.25) is 0 Å². The highest BCUT2D eigenvalue weighted by atomic mass is 16.4. The molecule has 0 saturated carbocycles. The molecule has 0 aliphatic carbocycles. The van der Waals surface area contributed by atoms with Gasteiger partial charge in [-0.2, -0.15) is 0 Å². The summed E-state index contributed by atoms with van der Waals surface area (Å²) in [6.45, 7) is 7.30. The zero-order valence-corrected chi connectivity index (χ0v) is 20.0. The second-order valence-corrected chi connectivity index (χ2v) is 8.69. The van der Waals surface area contributed by atoms with E-state index in [9.17, 15) is 19.8 Å². The van der Waals surface area contributed by atoms with E-state index in [0.29, 0.717) is 36.8 Å². The Kier molecular flexibility index (Phi) is 11.4. The molecule has 0 spiro atoms. The van der Waals surface area contributed by atoms with Gasteiger partial charge in [0.15, 0.2) is 0 Å². The van der Waals surface area contributed by atoms with E-state index in [1.165, 1.54) is 23.8 Å². The number of carbonyl (C=O) groups is 2. The predicted octanol–water partition coefficient (Wildman–Crippen LogP) is 5.81. The van der Waals surface area contributed by atoms with Crippen molar-refractivity contribution in [1.82, 2.24) is 0 Å². The van der Waals surface area contributed by atoms with Crippen LogP contribution < -0.4 is 0 Å². The van der Waals surface area contributed by atoms with Crippen molar-refractivity contribution in [3.8, 4) is 5.75 Å². The first-order chi connectivity index (χ1) is 15.4. The standard InChI is InChI=1S/C27H36O6/c1-19(8-5-11-21(3)25(29)30)9-6-16-27(4,33)17-7-10-20(2)12-13-22-18-23(26(31)32)14-15-24(22)28/h7,9,11-12,14-15,17-18,28,33H,5-6,8,10,13,16H2,1-4H3,(H,29,30)(H,31,32). The maximum absolute atomic E-state index is 11.1. The van der Waals surface area contributed by atoms with Gasteiger partial charge in [0.25, 0.3) is 0 Å². The number of aromatic hydroxyl groups is 1. The number of benzene rings is 1. The molecule has 0 saturated heterocycles. The van der Waals surface area contributed by atoms with E-state index in [0.717, 1.165) is 18.4 Å². The van der Waals surface area contributed by atoms with E-state index in [1.54, 1.807) is 26.0 Å². The number of phenolic OH excluding ortho intramolecular Hbond substituents is 1. The van der Waals surface area contributed by atoms with Crippen molar-refractivity contribution in [2.45, 2.75) is 71.8 Å². The highest BCUT2D eigenvalue weighted by Crippen LogP contribution is 2.21. The summed E-state index contributed by atoms with van der Waals surface area (Å²) in [5.74, 6) is -1.86. The highest BCUT2D eigenvalue weighted by molar-refractivity contribution is 5.88. The SMILES string of the molecule is CC(=CCc1cc(C(=O)O)ccc1O)CC=CC(C)(O)CCC=C(C)CCC=C(C)C(=O)O. The summed E-state index contributed by atoms with van der Waals surface area (Å²) in [5, 5.41) is 38.4. The van der Waals surface area contributed by atoms with E-state index < -0.39 is 17.5 Å². The minimum absolute atomic E-state index is 0.0684. The molecule has 33 heavy (non-hydrogen) atoms. The first-order valence-corrected chi connectivity index (χ1v) is 11.1. The first-order valence-electron chi connectivity index (χ1n) is 11.1. The number of phenols is 1. The van der Waals surface area contributed by atoms with Crippen LogP contribution in [0.15, 0.2) is 65.3 Å². The molecule has 0 heterocycles. The van der Waals surface area contributed by atoms with Gasteiger partial charge in [-0.05, 0) is 90.0 Å². The topological polar surface area (TPSA) is 115 Å². The number of hydrogen-bond donors (Lipinski definition) is 4. The smallest absolute Gasteiger partial charge is 0.335 e. The van der Waals surface area contributed by atoms with Crippen molar-refractivity contribution in [3.63, 3.8) is 0 Å². The van der Waals surface area contributed by atoms with Crippen molar-refractivity contribution in [3.05, 3.63) is 76.4 Å². The number of rotatable bonds is 13. The fourth-order valence-electron chi connectivity index (χ4n) is 3.15. The van der Waals surface area contributed by atoms with Gasteiger partial charge in [0.05, 0.1) is 11.2 Å². The minimum Gasteiger partial charge on any atom is -0.508 e.